The van der Waals surface area contributed by atoms with E-state index < -0.39 is 11.9 Å². The Labute approximate surface area is 61.7 Å². The van der Waals surface area contributed by atoms with Crippen LogP contribution < -0.4 is 0 Å². The Kier molecular flexibility index (Phi) is 1.85. The Morgan fingerprint density at radius 3 is 2.50 bits per heavy atom. The number of hydrogen-bond acceptors (Lipinski definition) is 1. The lowest BCUT2D eigenvalue weighted by molar-refractivity contribution is 0.507. The largest absolute Gasteiger partial charge is 0.234 e. The maximum atomic E-state index is 12.3. The zero-order chi connectivity index (χ0) is 7.72. The first-order valence-corrected chi connectivity index (χ1v) is 2.97. The summed E-state index contributed by atoms with van der Waals surface area (Å²) in [5.74, 6) is -1.79. The Bertz CT molecular complexity index is 212. The lowest BCUT2D eigenvalue weighted by atomic mass is 10.3. The van der Waals surface area contributed by atoms with E-state index in [0.717, 1.165) is 0 Å². The molecule has 1 nitrogen and oxygen atoms in total. The number of halogens is 3. The summed E-state index contributed by atoms with van der Waals surface area (Å²) in [6, 6.07) is 1.19. The van der Waals surface area contributed by atoms with Gasteiger partial charge in [-0.05, 0) is 13.0 Å². The van der Waals surface area contributed by atoms with Gasteiger partial charge in [0, 0.05) is 5.56 Å². The highest BCUT2D eigenvalue weighted by Crippen LogP contribution is 2.14. The van der Waals surface area contributed by atoms with Gasteiger partial charge in [-0.2, -0.15) is 13.8 Å². The van der Waals surface area contributed by atoms with Crippen molar-refractivity contribution in [2.24, 2.45) is 0 Å². The van der Waals surface area contributed by atoms with E-state index in [4.69, 9.17) is 11.6 Å². The molecule has 0 unspecified atom stereocenters. The predicted molar refractivity (Wildman–Crippen MR) is 33.9 cm³/mol. The third-order valence-corrected chi connectivity index (χ3v) is 1.33. The van der Waals surface area contributed by atoms with Crippen molar-refractivity contribution in [3.8, 4) is 0 Å². The quantitative estimate of drug-likeness (QED) is 0.535. The topological polar surface area (TPSA) is 12.9 Å². The second-order valence-corrected chi connectivity index (χ2v) is 2.28. The van der Waals surface area contributed by atoms with Gasteiger partial charge >= 0.3 is 0 Å². The highest BCUT2D eigenvalue weighted by molar-refractivity contribution is 6.30. The SMILES string of the molecule is Cc1cc(Cl)c(F)nc1F. The number of aromatic nitrogens is 1. The molecule has 0 saturated carbocycles. The average molecular weight is 164 g/mol. The van der Waals surface area contributed by atoms with Crippen LogP contribution in [0.15, 0.2) is 6.07 Å². The Balaban J connectivity index is 3.28. The molecule has 0 fully saturated rings. The fourth-order valence-electron chi connectivity index (χ4n) is 0.537. The predicted octanol–water partition coefficient (Wildman–Crippen LogP) is 2.32. The van der Waals surface area contributed by atoms with E-state index in [-0.39, 0.29) is 10.6 Å². The van der Waals surface area contributed by atoms with Gasteiger partial charge in [0.15, 0.2) is 0 Å². The molecule has 0 aliphatic rings. The van der Waals surface area contributed by atoms with Crippen LogP contribution in [0.1, 0.15) is 5.56 Å². The zero-order valence-corrected chi connectivity index (χ0v) is 5.91. The van der Waals surface area contributed by atoms with Crippen LogP contribution in [0, 0.1) is 18.8 Å². The molecule has 1 aromatic heterocycles. The maximum absolute atomic E-state index is 12.3. The van der Waals surface area contributed by atoms with Gasteiger partial charge in [-0.15, -0.1) is 0 Å². The second-order valence-electron chi connectivity index (χ2n) is 1.87. The molecule has 0 aliphatic heterocycles. The van der Waals surface area contributed by atoms with Crippen LogP contribution in [0.2, 0.25) is 5.02 Å². The molecule has 0 radical (unpaired) electrons. The van der Waals surface area contributed by atoms with Gasteiger partial charge in [-0.25, -0.2) is 0 Å². The van der Waals surface area contributed by atoms with Crippen molar-refractivity contribution in [2.75, 3.05) is 0 Å². The minimum atomic E-state index is -0.968. The van der Waals surface area contributed by atoms with Crippen LogP contribution in [-0.4, -0.2) is 4.98 Å². The van der Waals surface area contributed by atoms with Crippen LogP contribution in [0.4, 0.5) is 8.78 Å². The third kappa shape index (κ3) is 1.24. The number of aryl methyl sites for hydroxylation is 1. The van der Waals surface area contributed by atoms with Crippen LogP contribution >= 0.6 is 11.6 Å². The van der Waals surface area contributed by atoms with Crippen molar-refractivity contribution < 1.29 is 8.78 Å². The molecular weight excluding hydrogens is 160 g/mol. The number of pyridine rings is 1. The van der Waals surface area contributed by atoms with Crippen molar-refractivity contribution in [3.05, 3.63) is 28.5 Å². The van der Waals surface area contributed by atoms with E-state index in [2.05, 4.69) is 4.98 Å². The first-order chi connectivity index (χ1) is 4.61. The van der Waals surface area contributed by atoms with Crippen LogP contribution in [0.5, 0.6) is 0 Å². The van der Waals surface area contributed by atoms with E-state index in [9.17, 15) is 8.78 Å². The normalized spacial score (nSPS) is 10.0. The molecule has 0 atom stereocenters. The minimum Gasteiger partial charge on any atom is -0.189 e. The second kappa shape index (κ2) is 2.50. The number of nitrogens with zero attached hydrogens (tertiary/aromatic N) is 1. The van der Waals surface area contributed by atoms with Crippen molar-refractivity contribution in [1.29, 1.82) is 0 Å². The van der Waals surface area contributed by atoms with Gasteiger partial charge < -0.3 is 0 Å². The standard InChI is InChI=1S/C6H4ClF2N/c1-3-2-4(7)6(9)10-5(3)8/h2H,1H3. The lowest BCUT2D eigenvalue weighted by Gasteiger charge is -1.95. The van der Waals surface area contributed by atoms with Gasteiger partial charge in [0.05, 0.1) is 5.02 Å². The Hall–Kier alpha value is -0.700. The monoisotopic (exact) mass is 163 g/mol. The van der Waals surface area contributed by atoms with E-state index >= 15 is 0 Å². The minimum absolute atomic E-state index is 0.154. The molecular formula is C6H4ClF2N. The summed E-state index contributed by atoms with van der Waals surface area (Å²) in [5, 5.41) is -0.154. The summed E-state index contributed by atoms with van der Waals surface area (Å²) in [7, 11) is 0. The van der Waals surface area contributed by atoms with Gasteiger partial charge in [0.25, 0.3) is 0 Å². The number of rotatable bonds is 0. The molecule has 1 rings (SSSR count). The molecule has 4 heteroatoms. The fraction of sp³-hybridized carbons (Fsp3) is 0.167. The summed E-state index contributed by atoms with van der Waals surface area (Å²) in [4.78, 5) is 2.91. The Morgan fingerprint density at radius 2 is 2.00 bits per heavy atom. The van der Waals surface area contributed by atoms with E-state index in [1.165, 1.54) is 13.0 Å². The highest BCUT2D eigenvalue weighted by atomic mass is 35.5. The zero-order valence-electron chi connectivity index (χ0n) is 5.16. The molecule has 0 saturated heterocycles. The molecule has 0 bridgehead atoms. The molecule has 54 valence electrons. The molecule has 0 aromatic carbocycles. The van der Waals surface area contributed by atoms with Gasteiger partial charge in [0.2, 0.25) is 11.9 Å². The van der Waals surface area contributed by atoms with E-state index in [1.54, 1.807) is 0 Å². The van der Waals surface area contributed by atoms with Crippen molar-refractivity contribution in [2.45, 2.75) is 6.92 Å². The van der Waals surface area contributed by atoms with Gasteiger partial charge in [-0.1, -0.05) is 11.6 Å². The van der Waals surface area contributed by atoms with Crippen LogP contribution in [-0.2, 0) is 0 Å². The van der Waals surface area contributed by atoms with Gasteiger partial charge in [0.1, 0.15) is 0 Å². The van der Waals surface area contributed by atoms with Crippen LogP contribution in [0.25, 0.3) is 0 Å². The summed E-state index contributed by atoms with van der Waals surface area (Å²) >= 11 is 5.28. The number of hydrogen-bond donors (Lipinski definition) is 0. The van der Waals surface area contributed by atoms with Crippen LogP contribution in [0.3, 0.4) is 0 Å². The molecule has 0 amide bonds. The van der Waals surface area contributed by atoms with Crippen molar-refractivity contribution in [3.63, 3.8) is 0 Å². The molecule has 10 heavy (non-hydrogen) atoms. The molecule has 0 N–H and O–H groups in total. The van der Waals surface area contributed by atoms with Crippen molar-refractivity contribution >= 4 is 11.6 Å². The van der Waals surface area contributed by atoms with Gasteiger partial charge in [-0.3, -0.25) is 0 Å². The Morgan fingerprint density at radius 1 is 1.40 bits per heavy atom. The average Bonchev–Trinajstić information content (AvgIpc) is 1.84. The summed E-state index contributed by atoms with van der Waals surface area (Å²) in [6.45, 7) is 1.47. The highest BCUT2D eigenvalue weighted by Gasteiger charge is 2.05. The maximum Gasteiger partial charge on any atom is 0.234 e. The lowest BCUT2D eigenvalue weighted by Crippen LogP contribution is -1.92. The fourth-order valence-corrected chi connectivity index (χ4v) is 0.743. The molecule has 0 spiro atoms. The first kappa shape index (κ1) is 7.41. The van der Waals surface area contributed by atoms with E-state index in [0.29, 0.717) is 0 Å². The summed E-state index contributed by atoms with van der Waals surface area (Å²) < 4.78 is 24.6. The molecule has 1 heterocycles. The summed E-state index contributed by atoms with van der Waals surface area (Å²) in [5.41, 5.74) is 0.242. The first-order valence-electron chi connectivity index (χ1n) is 2.59. The third-order valence-electron chi connectivity index (χ3n) is 1.06. The van der Waals surface area contributed by atoms with Crippen molar-refractivity contribution in [1.82, 2.24) is 4.98 Å². The summed E-state index contributed by atoms with van der Waals surface area (Å²) in [6.07, 6.45) is 0. The molecule has 0 aliphatic carbocycles. The van der Waals surface area contributed by atoms with E-state index in [1.807, 2.05) is 0 Å². The smallest absolute Gasteiger partial charge is 0.189 e. The molecule has 1 aromatic rings.